The van der Waals surface area contributed by atoms with Crippen LogP contribution in [0.3, 0.4) is 0 Å². The Bertz CT molecular complexity index is 899. The molecule has 0 spiro atoms. The van der Waals surface area contributed by atoms with Crippen LogP contribution >= 0.6 is 0 Å². The number of hydrogen-bond donors (Lipinski definition) is 0. The summed E-state index contributed by atoms with van der Waals surface area (Å²) >= 11 is 0. The molecule has 1 atom stereocenters. The first-order valence-corrected chi connectivity index (χ1v) is 8.58. The maximum Gasteiger partial charge on any atom is 0.346 e. The zero-order chi connectivity index (χ0) is 19.4. The van der Waals surface area contributed by atoms with Gasteiger partial charge in [0.25, 0.3) is 0 Å². The molecule has 2 aromatic carbocycles. The van der Waals surface area contributed by atoms with Crippen LogP contribution in [0.5, 0.6) is 17.2 Å². The molecule has 6 heteroatoms. The summed E-state index contributed by atoms with van der Waals surface area (Å²) in [6, 6.07) is 12.2. The molecule has 0 saturated heterocycles. The van der Waals surface area contributed by atoms with Crippen LogP contribution in [-0.2, 0) is 9.53 Å². The van der Waals surface area contributed by atoms with Crippen molar-refractivity contribution in [3.8, 4) is 17.2 Å². The minimum absolute atomic E-state index is 0.181. The van der Waals surface area contributed by atoms with E-state index in [2.05, 4.69) is 4.74 Å². The van der Waals surface area contributed by atoms with Crippen LogP contribution < -0.4 is 14.2 Å². The molecule has 0 aromatic heterocycles. The van der Waals surface area contributed by atoms with Crippen LogP contribution in [0.4, 0.5) is 0 Å². The van der Waals surface area contributed by atoms with Crippen molar-refractivity contribution in [2.24, 2.45) is 0 Å². The van der Waals surface area contributed by atoms with Gasteiger partial charge < -0.3 is 18.9 Å². The molecule has 0 radical (unpaired) electrons. The van der Waals surface area contributed by atoms with Gasteiger partial charge in [-0.15, -0.1) is 0 Å². The maximum absolute atomic E-state index is 12.6. The molecule has 0 saturated carbocycles. The summed E-state index contributed by atoms with van der Waals surface area (Å²) in [6.45, 7) is 4.01. The number of hydrogen-bond acceptors (Lipinski definition) is 6. The lowest BCUT2D eigenvalue weighted by molar-refractivity contribution is -0.147. The molecule has 140 valence electrons. The number of carbonyl (C=O) groups excluding carboxylic acids is 2. The highest BCUT2D eigenvalue weighted by Gasteiger charge is 2.28. The Morgan fingerprint density at radius 3 is 2.74 bits per heavy atom. The van der Waals surface area contributed by atoms with Gasteiger partial charge in [0.15, 0.2) is 11.9 Å². The molecule has 1 aliphatic heterocycles. The lowest BCUT2D eigenvalue weighted by Crippen LogP contribution is -2.25. The number of methoxy groups -OCH3 is 1. The molecule has 0 aliphatic carbocycles. The Kier molecular flexibility index (Phi) is 5.45. The SMILES string of the molecule is CCOc1ccc2c(c1)OC(=Cc1ccccc1O[C@H](C)C(=O)OC)C2=O. The molecule has 0 bridgehead atoms. The molecule has 0 N–H and O–H groups in total. The first kappa shape index (κ1) is 18.5. The molecule has 0 unspecified atom stereocenters. The van der Waals surface area contributed by atoms with Crippen LogP contribution in [0.25, 0.3) is 6.08 Å². The second kappa shape index (κ2) is 7.95. The predicted octanol–water partition coefficient (Wildman–Crippen LogP) is 3.64. The fourth-order valence-electron chi connectivity index (χ4n) is 2.68. The van der Waals surface area contributed by atoms with E-state index in [0.29, 0.717) is 35.0 Å². The quantitative estimate of drug-likeness (QED) is 0.573. The normalized spacial score (nSPS) is 15.1. The number of esters is 1. The Morgan fingerprint density at radius 2 is 2.00 bits per heavy atom. The molecule has 0 fully saturated rings. The highest BCUT2D eigenvalue weighted by molar-refractivity contribution is 6.14. The van der Waals surface area contributed by atoms with Crippen LogP contribution in [0.2, 0.25) is 0 Å². The van der Waals surface area contributed by atoms with Gasteiger partial charge in [0.05, 0.1) is 19.3 Å². The molecule has 2 aromatic rings. The van der Waals surface area contributed by atoms with Crippen molar-refractivity contribution in [1.82, 2.24) is 0 Å². The Morgan fingerprint density at radius 1 is 1.22 bits per heavy atom. The number of ketones is 1. The van der Waals surface area contributed by atoms with Gasteiger partial charge in [-0.2, -0.15) is 0 Å². The van der Waals surface area contributed by atoms with Crippen LogP contribution in [-0.4, -0.2) is 31.6 Å². The van der Waals surface area contributed by atoms with Crippen molar-refractivity contribution in [3.05, 3.63) is 59.4 Å². The summed E-state index contributed by atoms with van der Waals surface area (Å²) in [6.07, 6.45) is 0.822. The fourth-order valence-corrected chi connectivity index (χ4v) is 2.68. The van der Waals surface area contributed by atoms with Gasteiger partial charge in [0, 0.05) is 11.6 Å². The fraction of sp³-hybridized carbons (Fsp3) is 0.238. The largest absolute Gasteiger partial charge is 0.494 e. The molecular formula is C21H20O6. The highest BCUT2D eigenvalue weighted by Crippen LogP contribution is 2.35. The van der Waals surface area contributed by atoms with Crippen molar-refractivity contribution < 1.29 is 28.5 Å². The van der Waals surface area contributed by atoms with Crippen molar-refractivity contribution in [2.75, 3.05) is 13.7 Å². The monoisotopic (exact) mass is 368 g/mol. The molecule has 1 aliphatic rings. The number of allylic oxidation sites excluding steroid dienone is 1. The standard InChI is InChI=1S/C21H20O6/c1-4-25-15-9-10-16-18(12-15)27-19(20(16)22)11-14-7-5-6-8-17(14)26-13(2)21(23)24-3/h5-13H,4H2,1-3H3/t13-/m1/s1. The van der Waals surface area contributed by atoms with E-state index in [9.17, 15) is 9.59 Å². The second-order valence-corrected chi connectivity index (χ2v) is 5.85. The topological polar surface area (TPSA) is 71.1 Å². The number of Topliss-reactive ketones (excluding diaryl/α,β-unsaturated/α-hetero) is 1. The minimum Gasteiger partial charge on any atom is -0.494 e. The Balaban J connectivity index is 1.87. The Hall–Kier alpha value is -3.28. The van der Waals surface area contributed by atoms with E-state index in [1.165, 1.54) is 7.11 Å². The number of para-hydroxylation sites is 1. The van der Waals surface area contributed by atoms with Crippen molar-refractivity contribution >= 4 is 17.8 Å². The zero-order valence-electron chi connectivity index (χ0n) is 15.4. The molecule has 3 rings (SSSR count). The number of ether oxygens (including phenoxy) is 4. The number of rotatable bonds is 6. The zero-order valence-corrected chi connectivity index (χ0v) is 15.4. The third-order valence-corrected chi connectivity index (χ3v) is 3.99. The number of carbonyl (C=O) groups is 2. The lowest BCUT2D eigenvalue weighted by Gasteiger charge is -2.14. The first-order valence-electron chi connectivity index (χ1n) is 8.58. The van der Waals surface area contributed by atoms with Gasteiger partial charge in [-0.1, -0.05) is 18.2 Å². The summed E-state index contributed by atoms with van der Waals surface area (Å²) < 4.78 is 21.5. The van der Waals surface area contributed by atoms with Crippen LogP contribution in [0, 0.1) is 0 Å². The first-order chi connectivity index (χ1) is 13.0. The summed E-state index contributed by atoms with van der Waals surface area (Å²) in [7, 11) is 1.30. The molecule has 6 nitrogen and oxygen atoms in total. The average molecular weight is 368 g/mol. The van der Waals surface area contributed by atoms with Crippen molar-refractivity contribution in [1.29, 1.82) is 0 Å². The van der Waals surface area contributed by atoms with Crippen molar-refractivity contribution in [3.63, 3.8) is 0 Å². The van der Waals surface area contributed by atoms with E-state index < -0.39 is 12.1 Å². The second-order valence-electron chi connectivity index (χ2n) is 5.85. The smallest absolute Gasteiger partial charge is 0.346 e. The molecule has 0 amide bonds. The van der Waals surface area contributed by atoms with E-state index in [-0.39, 0.29) is 11.5 Å². The highest BCUT2D eigenvalue weighted by atomic mass is 16.6. The average Bonchev–Trinajstić information content (AvgIpc) is 2.98. The van der Waals surface area contributed by atoms with Crippen LogP contribution in [0.15, 0.2) is 48.2 Å². The van der Waals surface area contributed by atoms with Gasteiger partial charge in [-0.05, 0) is 38.1 Å². The number of benzene rings is 2. The summed E-state index contributed by atoms with van der Waals surface area (Å²) in [5.41, 5.74) is 1.10. The Labute approximate surface area is 157 Å². The van der Waals surface area contributed by atoms with Crippen LogP contribution in [0.1, 0.15) is 29.8 Å². The van der Waals surface area contributed by atoms with Gasteiger partial charge in [-0.25, -0.2) is 4.79 Å². The van der Waals surface area contributed by atoms with Gasteiger partial charge in [-0.3, -0.25) is 4.79 Å². The predicted molar refractivity (Wildman–Crippen MR) is 99.1 cm³/mol. The van der Waals surface area contributed by atoms with E-state index in [0.717, 1.165) is 0 Å². The summed E-state index contributed by atoms with van der Waals surface area (Å²) in [4.78, 5) is 24.2. The molecular weight excluding hydrogens is 348 g/mol. The molecule has 1 heterocycles. The van der Waals surface area contributed by atoms with Crippen molar-refractivity contribution in [2.45, 2.75) is 20.0 Å². The summed E-state index contributed by atoms with van der Waals surface area (Å²) in [5.74, 6) is 1.02. The van der Waals surface area contributed by atoms with Gasteiger partial charge in [0.1, 0.15) is 17.2 Å². The van der Waals surface area contributed by atoms with Gasteiger partial charge >= 0.3 is 5.97 Å². The maximum atomic E-state index is 12.6. The lowest BCUT2D eigenvalue weighted by atomic mass is 10.1. The third kappa shape index (κ3) is 3.95. The number of fused-ring (bicyclic) bond motifs is 1. The van der Waals surface area contributed by atoms with E-state index >= 15 is 0 Å². The van der Waals surface area contributed by atoms with Gasteiger partial charge in [0.2, 0.25) is 5.78 Å². The van der Waals surface area contributed by atoms with E-state index in [1.54, 1.807) is 49.4 Å². The minimum atomic E-state index is -0.777. The summed E-state index contributed by atoms with van der Waals surface area (Å²) in [5, 5.41) is 0. The third-order valence-electron chi connectivity index (χ3n) is 3.99. The van der Waals surface area contributed by atoms with E-state index in [1.807, 2.05) is 13.0 Å². The molecule has 27 heavy (non-hydrogen) atoms. The van der Waals surface area contributed by atoms with E-state index in [4.69, 9.17) is 14.2 Å².